The van der Waals surface area contributed by atoms with Crippen LogP contribution in [0.3, 0.4) is 0 Å². The number of benzene rings is 2. The van der Waals surface area contributed by atoms with Gasteiger partial charge in [0.25, 0.3) is 0 Å². The monoisotopic (exact) mass is 362 g/mol. The van der Waals surface area contributed by atoms with Gasteiger partial charge in [0, 0.05) is 29.9 Å². The molecule has 0 fully saturated rings. The SMILES string of the molecule is CCc1c(Nc2cccc(C)c2)nn(Cc2ccccc2)c1CCNC=O. The predicted molar refractivity (Wildman–Crippen MR) is 109 cm³/mol. The van der Waals surface area contributed by atoms with Crippen LogP contribution in [0, 0.1) is 6.92 Å². The number of nitrogens with one attached hydrogen (secondary N) is 2. The van der Waals surface area contributed by atoms with Crippen LogP contribution in [0.5, 0.6) is 0 Å². The topological polar surface area (TPSA) is 59.0 Å². The van der Waals surface area contributed by atoms with Crippen LogP contribution < -0.4 is 10.6 Å². The van der Waals surface area contributed by atoms with Crippen LogP contribution >= 0.6 is 0 Å². The molecule has 5 nitrogen and oxygen atoms in total. The van der Waals surface area contributed by atoms with E-state index in [-0.39, 0.29) is 0 Å². The molecule has 0 saturated carbocycles. The Morgan fingerprint density at radius 1 is 1.11 bits per heavy atom. The number of aromatic nitrogens is 2. The highest BCUT2D eigenvalue weighted by Crippen LogP contribution is 2.25. The zero-order chi connectivity index (χ0) is 19.1. The lowest BCUT2D eigenvalue weighted by atomic mass is 10.1. The molecule has 0 saturated heterocycles. The molecule has 0 aliphatic carbocycles. The van der Waals surface area contributed by atoms with Gasteiger partial charge in [0.2, 0.25) is 6.41 Å². The average molecular weight is 362 g/mol. The number of hydrogen-bond acceptors (Lipinski definition) is 3. The first-order chi connectivity index (χ1) is 13.2. The fraction of sp³-hybridized carbons (Fsp3) is 0.273. The molecule has 1 heterocycles. The van der Waals surface area contributed by atoms with Gasteiger partial charge in [-0.15, -0.1) is 0 Å². The maximum absolute atomic E-state index is 10.7. The fourth-order valence-corrected chi connectivity index (χ4v) is 3.28. The third kappa shape index (κ3) is 4.76. The molecule has 27 heavy (non-hydrogen) atoms. The third-order valence-corrected chi connectivity index (χ3v) is 4.57. The molecule has 3 rings (SSSR count). The maximum atomic E-state index is 10.7. The average Bonchev–Trinajstić information content (AvgIpc) is 2.99. The van der Waals surface area contributed by atoms with Gasteiger partial charge in [-0.3, -0.25) is 9.48 Å². The van der Waals surface area contributed by atoms with Crippen LogP contribution in [0.15, 0.2) is 54.6 Å². The quantitative estimate of drug-likeness (QED) is 0.449. The Labute approximate surface area is 160 Å². The second-order valence-electron chi connectivity index (χ2n) is 6.59. The van der Waals surface area contributed by atoms with E-state index in [9.17, 15) is 4.79 Å². The highest BCUT2D eigenvalue weighted by atomic mass is 16.1. The minimum absolute atomic E-state index is 0.598. The summed E-state index contributed by atoms with van der Waals surface area (Å²) in [6.45, 7) is 5.53. The van der Waals surface area contributed by atoms with Gasteiger partial charge in [-0.2, -0.15) is 5.10 Å². The summed E-state index contributed by atoms with van der Waals surface area (Å²) in [6, 6.07) is 18.6. The van der Waals surface area contributed by atoms with E-state index in [1.807, 2.05) is 24.3 Å². The fourth-order valence-electron chi connectivity index (χ4n) is 3.28. The second-order valence-corrected chi connectivity index (χ2v) is 6.59. The number of hydrogen-bond donors (Lipinski definition) is 2. The Balaban J connectivity index is 1.94. The van der Waals surface area contributed by atoms with Gasteiger partial charge in [0.15, 0.2) is 5.82 Å². The molecule has 140 valence electrons. The first-order valence-electron chi connectivity index (χ1n) is 9.34. The van der Waals surface area contributed by atoms with Crippen LogP contribution in [-0.4, -0.2) is 22.7 Å². The molecule has 2 aromatic carbocycles. The smallest absolute Gasteiger partial charge is 0.207 e. The highest BCUT2D eigenvalue weighted by Gasteiger charge is 2.17. The van der Waals surface area contributed by atoms with Crippen molar-refractivity contribution in [2.24, 2.45) is 0 Å². The zero-order valence-corrected chi connectivity index (χ0v) is 15.9. The number of nitrogens with zero attached hydrogens (tertiary/aromatic N) is 2. The van der Waals surface area contributed by atoms with Gasteiger partial charge in [0.05, 0.1) is 6.54 Å². The standard InChI is InChI=1S/C22H26N4O/c1-3-20-21(12-13-23-16-27)26(15-18-9-5-4-6-10-18)25-22(20)24-19-11-7-8-17(2)14-19/h4-11,14,16H,3,12-13,15H2,1-2H3,(H,23,27)(H,24,25). The van der Waals surface area contributed by atoms with Crippen molar-refractivity contribution in [2.45, 2.75) is 33.2 Å². The summed E-state index contributed by atoms with van der Waals surface area (Å²) in [4.78, 5) is 10.7. The molecule has 0 atom stereocenters. The number of carbonyl (C=O) groups excluding carboxylic acids is 1. The minimum Gasteiger partial charge on any atom is -0.358 e. The van der Waals surface area contributed by atoms with Gasteiger partial charge in [-0.1, -0.05) is 49.4 Å². The van der Waals surface area contributed by atoms with Crippen LogP contribution in [0.4, 0.5) is 11.5 Å². The van der Waals surface area contributed by atoms with Crippen molar-refractivity contribution < 1.29 is 4.79 Å². The Morgan fingerprint density at radius 3 is 2.63 bits per heavy atom. The summed E-state index contributed by atoms with van der Waals surface area (Å²) < 4.78 is 2.05. The largest absolute Gasteiger partial charge is 0.358 e. The summed E-state index contributed by atoms with van der Waals surface area (Å²) in [5.74, 6) is 0.889. The molecule has 0 spiro atoms. The van der Waals surface area contributed by atoms with E-state index in [2.05, 4.69) is 59.5 Å². The zero-order valence-electron chi connectivity index (χ0n) is 15.9. The molecular formula is C22H26N4O. The lowest BCUT2D eigenvalue weighted by Gasteiger charge is -2.09. The molecule has 0 radical (unpaired) electrons. The number of rotatable bonds is 9. The van der Waals surface area contributed by atoms with Gasteiger partial charge < -0.3 is 10.6 Å². The normalized spacial score (nSPS) is 10.6. The van der Waals surface area contributed by atoms with E-state index in [4.69, 9.17) is 5.10 Å². The van der Waals surface area contributed by atoms with E-state index < -0.39 is 0 Å². The summed E-state index contributed by atoms with van der Waals surface area (Å²) in [5, 5.41) is 11.1. The van der Waals surface area contributed by atoms with E-state index in [1.165, 1.54) is 16.7 Å². The molecule has 1 aromatic heterocycles. The third-order valence-electron chi connectivity index (χ3n) is 4.57. The highest BCUT2D eigenvalue weighted by molar-refractivity contribution is 5.61. The van der Waals surface area contributed by atoms with Crippen LogP contribution in [0.25, 0.3) is 0 Å². The van der Waals surface area contributed by atoms with E-state index >= 15 is 0 Å². The van der Waals surface area contributed by atoms with Crippen LogP contribution in [-0.2, 0) is 24.2 Å². The van der Waals surface area contributed by atoms with Gasteiger partial charge >= 0.3 is 0 Å². The van der Waals surface area contributed by atoms with Crippen molar-refractivity contribution in [3.8, 4) is 0 Å². The Kier molecular flexibility index (Phi) is 6.26. The lowest BCUT2D eigenvalue weighted by Crippen LogP contribution is -2.18. The Bertz CT molecular complexity index is 887. The van der Waals surface area contributed by atoms with Crippen LogP contribution in [0.1, 0.15) is 29.3 Å². The first kappa shape index (κ1) is 18.7. The molecule has 3 aromatic rings. The lowest BCUT2D eigenvalue weighted by molar-refractivity contribution is -0.109. The van der Waals surface area contributed by atoms with Crippen molar-refractivity contribution in [3.05, 3.63) is 77.0 Å². The molecule has 0 aliphatic heterocycles. The van der Waals surface area contributed by atoms with E-state index in [1.54, 1.807) is 0 Å². The van der Waals surface area contributed by atoms with E-state index in [0.29, 0.717) is 13.1 Å². The van der Waals surface area contributed by atoms with Crippen LogP contribution in [0.2, 0.25) is 0 Å². The summed E-state index contributed by atoms with van der Waals surface area (Å²) in [6.07, 6.45) is 2.37. The predicted octanol–water partition coefficient (Wildman–Crippen LogP) is 3.83. The Hall–Kier alpha value is -3.08. The first-order valence-corrected chi connectivity index (χ1v) is 9.34. The number of anilines is 2. The van der Waals surface area contributed by atoms with Crippen molar-refractivity contribution in [1.82, 2.24) is 15.1 Å². The molecule has 5 heteroatoms. The molecule has 0 unspecified atom stereocenters. The van der Waals surface area contributed by atoms with Crippen molar-refractivity contribution >= 4 is 17.9 Å². The maximum Gasteiger partial charge on any atom is 0.207 e. The van der Waals surface area contributed by atoms with Crippen molar-refractivity contribution in [1.29, 1.82) is 0 Å². The van der Waals surface area contributed by atoms with Gasteiger partial charge in [-0.25, -0.2) is 0 Å². The second kappa shape index (κ2) is 9.03. The molecular weight excluding hydrogens is 336 g/mol. The number of amides is 1. The van der Waals surface area contributed by atoms with Gasteiger partial charge in [0.1, 0.15) is 0 Å². The number of aryl methyl sites for hydroxylation is 1. The summed E-state index contributed by atoms with van der Waals surface area (Å²) in [5.41, 5.74) is 5.80. The molecule has 0 aliphatic rings. The Morgan fingerprint density at radius 2 is 1.93 bits per heavy atom. The van der Waals surface area contributed by atoms with E-state index in [0.717, 1.165) is 36.5 Å². The minimum atomic E-state index is 0.598. The molecule has 0 bridgehead atoms. The van der Waals surface area contributed by atoms with Gasteiger partial charge in [-0.05, 0) is 36.6 Å². The molecule has 2 N–H and O–H groups in total. The summed E-state index contributed by atoms with van der Waals surface area (Å²) in [7, 11) is 0. The summed E-state index contributed by atoms with van der Waals surface area (Å²) >= 11 is 0. The molecule has 1 amide bonds. The van der Waals surface area contributed by atoms with Crippen molar-refractivity contribution in [3.63, 3.8) is 0 Å². The number of carbonyl (C=O) groups is 1. The van der Waals surface area contributed by atoms with Crippen molar-refractivity contribution in [2.75, 3.05) is 11.9 Å².